The lowest BCUT2D eigenvalue weighted by Gasteiger charge is -2.33. The second-order valence-corrected chi connectivity index (χ2v) is 6.83. The third kappa shape index (κ3) is 2.52. The van der Waals surface area contributed by atoms with Gasteiger partial charge in [-0.25, -0.2) is 4.98 Å². The highest BCUT2D eigenvalue weighted by molar-refractivity contribution is 5.78. The van der Waals surface area contributed by atoms with Crippen LogP contribution in [0.2, 0.25) is 0 Å². The van der Waals surface area contributed by atoms with Gasteiger partial charge in [0.25, 0.3) is 0 Å². The molecule has 1 aromatic rings. The summed E-state index contributed by atoms with van der Waals surface area (Å²) in [5, 5.41) is 9.78. The molecule has 0 radical (unpaired) electrons. The standard InChI is InChI=1S/C16H24N4O3/c1-10-11(2)17-15(19(3)4)18-13(10)20-7-12-5-6-23-9-16(12,8-20)14(21)22/h12H,5-9H2,1-4H3,(H,21,22)/t12-,16+/m0/s1. The van der Waals surface area contributed by atoms with Crippen molar-refractivity contribution in [3.05, 3.63) is 11.3 Å². The average molecular weight is 320 g/mol. The number of fused-ring (bicyclic) bond motifs is 1. The topological polar surface area (TPSA) is 78.8 Å². The van der Waals surface area contributed by atoms with Crippen LogP contribution in [0.15, 0.2) is 0 Å². The zero-order valence-corrected chi connectivity index (χ0v) is 14.2. The second-order valence-electron chi connectivity index (χ2n) is 6.83. The van der Waals surface area contributed by atoms with Crippen LogP contribution in [0, 0.1) is 25.2 Å². The SMILES string of the molecule is Cc1nc(N(C)C)nc(N2C[C@@H]3CCOC[C@]3(C(=O)O)C2)c1C. The first-order valence-electron chi connectivity index (χ1n) is 7.94. The highest BCUT2D eigenvalue weighted by atomic mass is 16.5. The Hall–Kier alpha value is -1.89. The monoisotopic (exact) mass is 320 g/mol. The second kappa shape index (κ2) is 5.63. The molecule has 7 nitrogen and oxygen atoms in total. The predicted octanol–water partition coefficient (Wildman–Crippen LogP) is 1.09. The number of carboxylic acids is 1. The van der Waals surface area contributed by atoms with E-state index in [0.717, 1.165) is 23.5 Å². The molecule has 2 aliphatic rings. The van der Waals surface area contributed by atoms with Crippen molar-refractivity contribution in [2.45, 2.75) is 20.3 Å². The predicted molar refractivity (Wildman–Crippen MR) is 87.0 cm³/mol. The van der Waals surface area contributed by atoms with Gasteiger partial charge in [0.15, 0.2) is 0 Å². The number of hydrogen-bond acceptors (Lipinski definition) is 6. The van der Waals surface area contributed by atoms with E-state index in [1.807, 2.05) is 32.8 Å². The van der Waals surface area contributed by atoms with E-state index in [1.165, 1.54) is 0 Å². The maximum absolute atomic E-state index is 11.9. The van der Waals surface area contributed by atoms with Gasteiger partial charge in [-0.3, -0.25) is 4.79 Å². The molecule has 2 saturated heterocycles. The highest BCUT2D eigenvalue weighted by Crippen LogP contribution is 2.43. The van der Waals surface area contributed by atoms with E-state index in [-0.39, 0.29) is 12.5 Å². The maximum atomic E-state index is 11.9. The van der Waals surface area contributed by atoms with Crippen LogP contribution in [0.1, 0.15) is 17.7 Å². The number of hydrogen-bond donors (Lipinski definition) is 1. The highest BCUT2D eigenvalue weighted by Gasteiger charge is 2.54. The van der Waals surface area contributed by atoms with E-state index in [2.05, 4.69) is 14.9 Å². The molecule has 126 valence electrons. The van der Waals surface area contributed by atoms with Crippen LogP contribution >= 0.6 is 0 Å². The first kappa shape index (κ1) is 16.0. The van der Waals surface area contributed by atoms with Crippen LogP contribution in [0.25, 0.3) is 0 Å². The van der Waals surface area contributed by atoms with Gasteiger partial charge in [0.05, 0.1) is 6.61 Å². The van der Waals surface area contributed by atoms with Crippen molar-refractivity contribution in [1.82, 2.24) is 9.97 Å². The number of rotatable bonds is 3. The van der Waals surface area contributed by atoms with Crippen molar-refractivity contribution in [2.24, 2.45) is 11.3 Å². The molecule has 0 saturated carbocycles. The molecule has 7 heteroatoms. The molecule has 0 aromatic carbocycles. The Bertz CT molecular complexity index is 634. The summed E-state index contributed by atoms with van der Waals surface area (Å²) in [6, 6.07) is 0. The van der Waals surface area contributed by atoms with Gasteiger partial charge in [-0.1, -0.05) is 0 Å². The van der Waals surface area contributed by atoms with Crippen molar-refractivity contribution in [1.29, 1.82) is 0 Å². The molecule has 1 aromatic heterocycles. The van der Waals surface area contributed by atoms with Crippen molar-refractivity contribution < 1.29 is 14.6 Å². The molecule has 3 heterocycles. The lowest BCUT2D eigenvalue weighted by Crippen LogP contribution is -2.46. The molecular weight excluding hydrogens is 296 g/mol. The van der Waals surface area contributed by atoms with Crippen LogP contribution < -0.4 is 9.80 Å². The first-order chi connectivity index (χ1) is 10.8. The summed E-state index contributed by atoms with van der Waals surface area (Å²) in [5.41, 5.74) is 1.12. The van der Waals surface area contributed by atoms with Crippen molar-refractivity contribution >= 4 is 17.7 Å². The lowest BCUT2D eigenvalue weighted by atomic mass is 9.76. The summed E-state index contributed by atoms with van der Waals surface area (Å²) >= 11 is 0. The fourth-order valence-electron chi connectivity index (χ4n) is 3.56. The van der Waals surface area contributed by atoms with Crippen LogP contribution in [0.3, 0.4) is 0 Å². The summed E-state index contributed by atoms with van der Waals surface area (Å²) in [5.74, 6) is 0.835. The van der Waals surface area contributed by atoms with Gasteiger partial charge in [-0.2, -0.15) is 4.98 Å². The minimum Gasteiger partial charge on any atom is -0.481 e. The van der Waals surface area contributed by atoms with Gasteiger partial charge in [-0.05, 0) is 26.2 Å². The van der Waals surface area contributed by atoms with Gasteiger partial charge in [0.1, 0.15) is 11.2 Å². The fraction of sp³-hybridized carbons (Fsp3) is 0.688. The number of anilines is 2. The first-order valence-corrected chi connectivity index (χ1v) is 7.94. The average Bonchev–Trinajstić information content (AvgIpc) is 2.90. The van der Waals surface area contributed by atoms with Crippen LogP contribution in [-0.2, 0) is 9.53 Å². The summed E-state index contributed by atoms with van der Waals surface area (Å²) < 4.78 is 5.50. The number of carboxylic acid groups (broad SMARTS) is 1. The molecule has 2 fully saturated rings. The molecule has 0 bridgehead atoms. The van der Waals surface area contributed by atoms with E-state index in [9.17, 15) is 9.90 Å². The van der Waals surface area contributed by atoms with E-state index in [1.54, 1.807) is 0 Å². The Balaban J connectivity index is 1.99. The number of aromatic nitrogens is 2. The molecule has 0 amide bonds. The van der Waals surface area contributed by atoms with Gasteiger partial charge < -0.3 is 19.6 Å². The normalized spacial score (nSPS) is 27.0. The number of nitrogens with zero attached hydrogens (tertiary/aromatic N) is 4. The maximum Gasteiger partial charge on any atom is 0.314 e. The molecule has 3 rings (SSSR count). The molecule has 0 spiro atoms. The zero-order valence-electron chi connectivity index (χ0n) is 14.2. The molecular formula is C16H24N4O3. The van der Waals surface area contributed by atoms with Crippen LogP contribution in [0.5, 0.6) is 0 Å². The Morgan fingerprint density at radius 3 is 2.74 bits per heavy atom. The van der Waals surface area contributed by atoms with E-state index in [4.69, 9.17) is 4.74 Å². The Kier molecular flexibility index (Phi) is 3.91. The molecule has 2 aliphatic heterocycles. The minimum absolute atomic E-state index is 0.103. The number of aliphatic carboxylic acids is 1. The Labute approximate surface area is 136 Å². The third-order valence-corrected chi connectivity index (χ3v) is 5.14. The minimum atomic E-state index is -0.818. The fourth-order valence-corrected chi connectivity index (χ4v) is 3.56. The van der Waals surface area contributed by atoms with Crippen LogP contribution in [0.4, 0.5) is 11.8 Å². The van der Waals surface area contributed by atoms with E-state index >= 15 is 0 Å². The number of ether oxygens (including phenoxy) is 1. The molecule has 0 unspecified atom stereocenters. The van der Waals surface area contributed by atoms with E-state index in [0.29, 0.717) is 25.6 Å². The molecule has 0 aliphatic carbocycles. The summed E-state index contributed by atoms with van der Waals surface area (Å²) in [6.07, 6.45) is 0.784. The lowest BCUT2D eigenvalue weighted by molar-refractivity contribution is -0.159. The van der Waals surface area contributed by atoms with Crippen molar-refractivity contribution in [3.8, 4) is 0 Å². The molecule has 1 N–H and O–H groups in total. The number of aryl methyl sites for hydroxylation is 1. The Morgan fingerprint density at radius 2 is 2.13 bits per heavy atom. The van der Waals surface area contributed by atoms with E-state index < -0.39 is 11.4 Å². The van der Waals surface area contributed by atoms with Crippen molar-refractivity contribution in [3.63, 3.8) is 0 Å². The summed E-state index contributed by atoms with van der Waals surface area (Å²) in [4.78, 5) is 25.1. The quantitative estimate of drug-likeness (QED) is 0.893. The smallest absolute Gasteiger partial charge is 0.314 e. The zero-order chi connectivity index (χ0) is 16.8. The number of carbonyl (C=O) groups is 1. The van der Waals surface area contributed by atoms with Gasteiger partial charge in [0.2, 0.25) is 5.95 Å². The van der Waals surface area contributed by atoms with Gasteiger partial charge in [0, 0.05) is 45.0 Å². The van der Waals surface area contributed by atoms with Gasteiger partial charge >= 0.3 is 5.97 Å². The van der Waals surface area contributed by atoms with Gasteiger partial charge in [-0.15, -0.1) is 0 Å². The largest absolute Gasteiger partial charge is 0.481 e. The third-order valence-electron chi connectivity index (χ3n) is 5.14. The van der Waals surface area contributed by atoms with Crippen LogP contribution in [-0.4, -0.2) is 61.4 Å². The molecule has 23 heavy (non-hydrogen) atoms. The van der Waals surface area contributed by atoms with Crippen molar-refractivity contribution in [2.75, 3.05) is 50.2 Å². The molecule has 2 atom stereocenters. The Morgan fingerprint density at radius 1 is 1.39 bits per heavy atom. The summed E-state index contributed by atoms with van der Waals surface area (Å²) in [6.45, 7) is 6.03. The summed E-state index contributed by atoms with van der Waals surface area (Å²) in [7, 11) is 3.81.